The second kappa shape index (κ2) is 7.91. The molecule has 0 saturated heterocycles. The SMILES string of the molecule is O=C(CCC1CCCC1)OC(c1ccccc1)c1ccccn1. The fourth-order valence-electron chi connectivity index (χ4n) is 3.27. The van der Waals surface area contributed by atoms with Crippen LogP contribution < -0.4 is 0 Å². The molecule has 1 fully saturated rings. The number of aromatic nitrogens is 1. The maximum Gasteiger partial charge on any atom is 0.306 e. The number of carbonyl (C=O) groups excluding carboxylic acids is 1. The van der Waals surface area contributed by atoms with E-state index in [1.54, 1.807) is 6.20 Å². The van der Waals surface area contributed by atoms with Gasteiger partial charge < -0.3 is 4.74 Å². The number of ether oxygens (including phenoxy) is 1. The molecule has 3 rings (SSSR count). The molecule has 1 saturated carbocycles. The summed E-state index contributed by atoms with van der Waals surface area (Å²) in [5.74, 6) is 0.573. The minimum absolute atomic E-state index is 0.128. The molecule has 0 spiro atoms. The average molecular weight is 309 g/mol. The van der Waals surface area contributed by atoms with Crippen LogP contribution in [0.1, 0.15) is 55.9 Å². The molecule has 1 aliphatic carbocycles. The Morgan fingerprint density at radius 2 is 1.83 bits per heavy atom. The van der Waals surface area contributed by atoms with E-state index in [-0.39, 0.29) is 5.97 Å². The van der Waals surface area contributed by atoms with Gasteiger partial charge >= 0.3 is 5.97 Å². The summed E-state index contributed by atoms with van der Waals surface area (Å²) < 4.78 is 5.78. The quantitative estimate of drug-likeness (QED) is 0.727. The third-order valence-corrected chi connectivity index (χ3v) is 4.54. The van der Waals surface area contributed by atoms with Crippen LogP contribution in [0.3, 0.4) is 0 Å². The van der Waals surface area contributed by atoms with Crippen molar-refractivity contribution in [3.05, 3.63) is 66.0 Å². The van der Waals surface area contributed by atoms with E-state index in [0.29, 0.717) is 12.3 Å². The molecular weight excluding hydrogens is 286 g/mol. The van der Waals surface area contributed by atoms with Crippen molar-refractivity contribution >= 4 is 5.97 Å². The second-order valence-corrected chi connectivity index (χ2v) is 6.22. The van der Waals surface area contributed by atoms with Gasteiger partial charge in [0.05, 0.1) is 5.69 Å². The lowest BCUT2D eigenvalue weighted by Crippen LogP contribution is -2.14. The van der Waals surface area contributed by atoms with Gasteiger partial charge in [0.15, 0.2) is 6.10 Å². The monoisotopic (exact) mass is 309 g/mol. The maximum absolute atomic E-state index is 12.3. The molecule has 3 nitrogen and oxygen atoms in total. The first kappa shape index (κ1) is 15.7. The van der Waals surface area contributed by atoms with Crippen LogP contribution >= 0.6 is 0 Å². The van der Waals surface area contributed by atoms with Crippen molar-refractivity contribution in [2.24, 2.45) is 5.92 Å². The van der Waals surface area contributed by atoms with Crippen LogP contribution in [0.4, 0.5) is 0 Å². The van der Waals surface area contributed by atoms with Crippen LogP contribution in [0.2, 0.25) is 0 Å². The van der Waals surface area contributed by atoms with Crippen LogP contribution in [0.25, 0.3) is 0 Å². The van der Waals surface area contributed by atoms with E-state index >= 15 is 0 Å². The van der Waals surface area contributed by atoms with Crippen LogP contribution in [0, 0.1) is 5.92 Å². The highest BCUT2D eigenvalue weighted by atomic mass is 16.5. The Balaban J connectivity index is 1.67. The number of hydrogen-bond donors (Lipinski definition) is 0. The first-order valence-corrected chi connectivity index (χ1v) is 8.48. The standard InChI is InChI=1S/C20H23NO2/c22-19(14-13-16-8-4-5-9-16)23-20(17-10-2-1-3-11-17)18-12-6-7-15-21-18/h1-3,6-7,10-12,15-16,20H,4-5,8-9,13-14H2. The fourth-order valence-corrected chi connectivity index (χ4v) is 3.27. The lowest BCUT2D eigenvalue weighted by molar-refractivity contribution is -0.148. The first-order chi connectivity index (χ1) is 11.3. The van der Waals surface area contributed by atoms with Crippen molar-refractivity contribution in [2.45, 2.75) is 44.6 Å². The minimum atomic E-state index is -0.423. The summed E-state index contributed by atoms with van der Waals surface area (Å²) in [5.41, 5.74) is 1.73. The van der Waals surface area contributed by atoms with Crippen molar-refractivity contribution in [1.82, 2.24) is 4.98 Å². The van der Waals surface area contributed by atoms with E-state index in [9.17, 15) is 4.79 Å². The average Bonchev–Trinajstić information content (AvgIpc) is 3.13. The zero-order valence-electron chi connectivity index (χ0n) is 13.4. The zero-order valence-corrected chi connectivity index (χ0v) is 13.4. The molecule has 120 valence electrons. The predicted molar refractivity (Wildman–Crippen MR) is 89.8 cm³/mol. The first-order valence-electron chi connectivity index (χ1n) is 8.48. The Hall–Kier alpha value is -2.16. The fraction of sp³-hybridized carbons (Fsp3) is 0.400. The molecule has 3 heteroatoms. The highest BCUT2D eigenvalue weighted by molar-refractivity contribution is 5.70. The lowest BCUT2D eigenvalue weighted by Gasteiger charge is -2.18. The van der Waals surface area contributed by atoms with Gasteiger partial charge in [-0.1, -0.05) is 62.1 Å². The Labute approximate surface area is 137 Å². The zero-order chi connectivity index (χ0) is 15.9. The molecule has 1 aliphatic rings. The predicted octanol–water partition coefficient (Wildman–Crippen LogP) is 4.68. The summed E-state index contributed by atoms with van der Waals surface area (Å²) in [7, 11) is 0. The number of benzene rings is 1. The molecule has 0 N–H and O–H groups in total. The Morgan fingerprint density at radius 1 is 1.09 bits per heavy atom. The third kappa shape index (κ3) is 4.41. The molecule has 1 aromatic carbocycles. The molecule has 23 heavy (non-hydrogen) atoms. The van der Waals surface area contributed by atoms with Crippen molar-refractivity contribution in [3.8, 4) is 0 Å². The number of pyridine rings is 1. The summed E-state index contributed by atoms with van der Waals surface area (Å²) in [5, 5.41) is 0. The third-order valence-electron chi connectivity index (χ3n) is 4.54. The van der Waals surface area contributed by atoms with E-state index < -0.39 is 6.10 Å². The Kier molecular flexibility index (Phi) is 5.41. The highest BCUT2D eigenvalue weighted by Crippen LogP contribution is 2.30. The van der Waals surface area contributed by atoms with Crippen molar-refractivity contribution in [1.29, 1.82) is 0 Å². The molecule has 0 bridgehead atoms. The summed E-state index contributed by atoms with van der Waals surface area (Å²) in [6.07, 6.45) is 7.89. The van der Waals surface area contributed by atoms with Gasteiger partial charge in [0.2, 0.25) is 0 Å². The normalized spacial score (nSPS) is 16.2. The van der Waals surface area contributed by atoms with Gasteiger partial charge in [-0.05, 0) is 30.0 Å². The van der Waals surface area contributed by atoms with Gasteiger partial charge in [-0.2, -0.15) is 0 Å². The van der Waals surface area contributed by atoms with Crippen LogP contribution in [0.5, 0.6) is 0 Å². The van der Waals surface area contributed by atoms with E-state index in [1.165, 1.54) is 25.7 Å². The topological polar surface area (TPSA) is 39.2 Å². The van der Waals surface area contributed by atoms with E-state index in [1.807, 2.05) is 48.5 Å². The summed E-state index contributed by atoms with van der Waals surface area (Å²) >= 11 is 0. The molecular formula is C20H23NO2. The number of hydrogen-bond acceptors (Lipinski definition) is 3. The second-order valence-electron chi connectivity index (χ2n) is 6.22. The lowest BCUT2D eigenvalue weighted by atomic mass is 10.0. The van der Waals surface area contributed by atoms with Gasteiger partial charge in [-0.3, -0.25) is 9.78 Å². The van der Waals surface area contributed by atoms with Crippen LogP contribution in [-0.4, -0.2) is 11.0 Å². The maximum atomic E-state index is 12.3. The smallest absolute Gasteiger partial charge is 0.306 e. The molecule has 1 aromatic heterocycles. The van der Waals surface area contributed by atoms with Gasteiger partial charge in [0, 0.05) is 12.6 Å². The van der Waals surface area contributed by atoms with E-state index in [4.69, 9.17) is 4.74 Å². The van der Waals surface area contributed by atoms with Gasteiger partial charge in [-0.15, -0.1) is 0 Å². The Bertz CT molecular complexity index is 567. The Morgan fingerprint density at radius 3 is 2.52 bits per heavy atom. The van der Waals surface area contributed by atoms with E-state index in [2.05, 4.69) is 4.98 Å². The number of esters is 1. The summed E-state index contributed by atoms with van der Waals surface area (Å²) in [4.78, 5) is 16.7. The van der Waals surface area contributed by atoms with Gasteiger partial charge in [0.1, 0.15) is 0 Å². The minimum Gasteiger partial charge on any atom is -0.451 e. The summed E-state index contributed by atoms with van der Waals surface area (Å²) in [6.45, 7) is 0. The van der Waals surface area contributed by atoms with Gasteiger partial charge in [0.25, 0.3) is 0 Å². The summed E-state index contributed by atoms with van der Waals surface area (Å²) in [6, 6.07) is 15.5. The van der Waals surface area contributed by atoms with Crippen LogP contribution in [-0.2, 0) is 9.53 Å². The van der Waals surface area contributed by atoms with Crippen LogP contribution in [0.15, 0.2) is 54.7 Å². The number of carbonyl (C=O) groups is 1. The molecule has 1 unspecified atom stereocenters. The van der Waals surface area contributed by atoms with Gasteiger partial charge in [-0.25, -0.2) is 0 Å². The number of nitrogens with zero attached hydrogens (tertiary/aromatic N) is 1. The number of rotatable bonds is 6. The van der Waals surface area contributed by atoms with Crippen molar-refractivity contribution < 1.29 is 9.53 Å². The molecule has 0 amide bonds. The molecule has 0 radical (unpaired) electrons. The largest absolute Gasteiger partial charge is 0.451 e. The molecule has 1 heterocycles. The molecule has 0 aliphatic heterocycles. The van der Waals surface area contributed by atoms with E-state index in [0.717, 1.165) is 17.7 Å². The molecule has 1 atom stereocenters. The highest BCUT2D eigenvalue weighted by Gasteiger charge is 2.22. The molecule has 2 aromatic rings. The van der Waals surface area contributed by atoms with Crippen molar-refractivity contribution in [2.75, 3.05) is 0 Å². The van der Waals surface area contributed by atoms with Crippen molar-refractivity contribution in [3.63, 3.8) is 0 Å².